The Balaban J connectivity index is 1.64. The van der Waals surface area contributed by atoms with Crippen molar-refractivity contribution in [1.29, 1.82) is 0 Å². The Morgan fingerprint density at radius 3 is 2.90 bits per heavy atom. The molecule has 2 aromatic rings. The molecular formula is C14H12O6. The Labute approximate surface area is 114 Å². The summed E-state index contributed by atoms with van der Waals surface area (Å²) in [6, 6.07) is 8.51. The molecule has 0 bridgehead atoms. The van der Waals surface area contributed by atoms with Crippen molar-refractivity contribution in [2.24, 2.45) is 0 Å². The van der Waals surface area contributed by atoms with E-state index < -0.39 is 5.97 Å². The maximum atomic E-state index is 11.2. The molecule has 0 spiro atoms. The zero-order valence-electron chi connectivity index (χ0n) is 10.8. The molecule has 0 unspecified atom stereocenters. The number of furan rings is 1. The SMILES string of the molecule is COC(=O)c1ccc(COc2ccc3c(c2)OCO3)o1. The molecule has 20 heavy (non-hydrogen) atoms. The van der Waals surface area contributed by atoms with Crippen molar-refractivity contribution in [3.05, 3.63) is 41.9 Å². The molecule has 0 aliphatic carbocycles. The molecule has 104 valence electrons. The third-order valence-corrected chi connectivity index (χ3v) is 2.77. The highest BCUT2D eigenvalue weighted by atomic mass is 16.7. The van der Waals surface area contributed by atoms with Crippen molar-refractivity contribution < 1.29 is 28.2 Å². The van der Waals surface area contributed by atoms with Crippen LogP contribution < -0.4 is 14.2 Å². The number of benzene rings is 1. The van der Waals surface area contributed by atoms with E-state index in [0.717, 1.165) is 0 Å². The number of fused-ring (bicyclic) bond motifs is 1. The molecule has 6 heteroatoms. The lowest BCUT2D eigenvalue weighted by atomic mass is 10.3. The van der Waals surface area contributed by atoms with Crippen LogP contribution in [0.3, 0.4) is 0 Å². The molecule has 0 radical (unpaired) electrons. The normalized spacial score (nSPS) is 12.2. The lowest BCUT2D eigenvalue weighted by molar-refractivity contribution is 0.0561. The summed E-state index contributed by atoms with van der Waals surface area (Å²) in [6.45, 7) is 0.427. The van der Waals surface area contributed by atoms with E-state index in [9.17, 15) is 4.79 Å². The lowest BCUT2D eigenvalue weighted by Gasteiger charge is -2.05. The first-order valence-corrected chi connectivity index (χ1v) is 5.96. The van der Waals surface area contributed by atoms with E-state index in [-0.39, 0.29) is 19.2 Å². The summed E-state index contributed by atoms with van der Waals surface area (Å²) in [7, 11) is 1.30. The van der Waals surface area contributed by atoms with E-state index in [1.807, 2.05) is 0 Å². The second-order valence-corrected chi connectivity index (χ2v) is 4.06. The Morgan fingerprint density at radius 1 is 1.20 bits per heavy atom. The van der Waals surface area contributed by atoms with Gasteiger partial charge in [0.2, 0.25) is 12.6 Å². The molecule has 6 nitrogen and oxygen atoms in total. The largest absolute Gasteiger partial charge is 0.486 e. The van der Waals surface area contributed by atoms with E-state index in [1.54, 1.807) is 30.3 Å². The van der Waals surface area contributed by atoms with Gasteiger partial charge in [-0.3, -0.25) is 0 Å². The molecular weight excluding hydrogens is 264 g/mol. The topological polar surface area (TPSA) is 67.1 Å². The minimum Gasteiger partial charge on any atom is -0.486 e. The summed E-state index contributed by atoms with van der Waals surface area (Å²) < 4.78 is 25.9. The highest BCUT2D eigenvalue weighted by Gasteiger charge is 2.15. The Kier molecular flexibility index (Phi) is 3.20. The predicted octanol–water partition coefficient (Wildman–Crippen LogP) is 2.37. The first-order chi connectivity index (χ1) is 9.76. The number of carbonyl (C=O) groups is 1. The highest BCUT2D eigenvalue weighted by Crippen LogP contribution is 2.35. The average Bonchev–Trinajstić information content (AvgIpc) is 3.12. The number of methoxy groups -OCH3 is 1. The molecule has 3 rings (SSSR count). The zero-order chi connectivity index (χ0) is 13.9. The van der Waals surface area contributed by atoms with Crippen LogP contribution in [0.15, 0.2) is 34.7 Å². The zero-order valence-corrected chi connectivity index (χ0v) is 10.8. The fourth-order valence-corrected chi connectivity index (χ4v) is 1.79. The summed E-state index contributed by atoms with van der Waals surface area (Å²) in [6.07, 6.45) is 0. The first-order valence-electron chi connectivity index (χ1n) is 5.96. The van der Waals surface area contributed by atoms with Gasteiger partial charge in [-0.15, -0.1) is 0 Å². The molecule has 0 fully saturated rings. The average molecular weight is 276 g/mol. The Morgan fingerprint density at radius 2 is 2.05 bits per heavy atom. The number of ether oxygens (including phenoxy) is 4. The van der Waals surface area contributed by atoms with Crippen molar-refractivity contribution in [2.45, 2.75) is 6.61 Å². The summed E-state index contributed by atoms with van der Waals surface area (Å²) in [5, 5.41) is 0. The second-order valence-electron chi connectivity index (χ2n) is 4.06. The molecule has 1 aromatic heterocycles. The van der Waals surface area contributed by atoms with Crippen LogP contribution in [-0.4, -0.2) is 19.9 Å². The molecule has 0 amide bonds. The number of hydrogen-bond acceptors (Lipinski definition) is 6. The van der Waals surface area contributed by atoms with Gasteiger partial charge in [-0.1, -0.05) is 0 Å². The van der Waals surface area contributed by atoms with Crippen LogP contribution in [0.4, 0.5) is 0 Å². The number of esters is 1. The van der Waals surface area contributed by atoms with E-state index in [4.69, 9.17) is 18.6 Å². The maximum absolute atomic E-state index is 11.2. The van der Waals surface area contributed by atoms with Crippen LogP contribution >= 0.6 is 0 Å². The van der Waals surface area contributed by atoms with Gasteiger partial charge in [0.05, 0.1) is 7.11 Å². The molecule has 0 saturated heterocycles. The number of rotatable bonds is 4. The van der Waals surface area contributed by atoms with Gasteiger partial charge in [0.15, 0.2) is 11.5 Å². The minimum absolute atomic E-state index is 0.150. The van der Waals surface area contributed by atoms with Gasteiger partial charge in [-0.2, -0.15) is 0 Å². The van der Waals surface area contributed by atoms with Gasteiger partial charge in [0, 0.05) is 6.07 Å². The minimum atomic E-state index is -0.515. The van der Waals surface area contributed by atoms with E-state index in [0.29, 0.717) is 23.0 Å². The lowest BCUT2D eigenvalue weighted by Crippen LogP contribution is -1.99. The monoisotopic (exact) mass is 276 g/mol. The van der Waals surface area contributed by atoms with E-state index >= 15 is 0 Å². The quantitative estimate of drug-likeness (QED) is 0.799. The van der Waals surface area contributed by atoms with Crippen molar-refractivity contribution in [2.75, 3.05) is 13.9 Å². The van der Waals surface area contributed by atoms with Crippen LogP contribution in [-0.2, 0) is 11.3 Å². The van der Waals surface area contributed by atoms with E-state index in [2.05, 4.69) is 4.74 Å². The maximum Gasteiger partial charge on any atom is 0.373 e. The standard InChI is InChI=1S/C14H12O6/c1-16-14(15)12-5-3-10(20-12)7-17-9-2-4-11-13(6-9)19-8-18-11/h2-6H,7-8H2,1H3. The third-order valence-electron chi connectivity index (χ3n) is 2.77. The summed E-state index contributed by atoms with van der Waals surface area (Å²) in [4.78, 5) is 11.2. The van der Waals surface area contributed by atoms with Gasteiger partial charge in [-0.25, -0.2) is 4.79 Å². The van der Waals surface area contributed by atoms with Crippen molar-refractivity contribution in [1.82, 2.24) is 0 Å². The van der Waals surface area contributed by atoms with Crippen molar-refractivity contribution in [3.8, 4) is 17.2 Å². The molecule has 1 aromatic carbocycles. The molecule has 0 N–H and O–H groups in total. The highest BCUT2D eigenvalue weighted by molar-refractivity contribution is 5.86. The first kappa shape index (κ1) is 12.4. The summed E-state index contributed by atoms with van der Waals surface area (Å²) in [5.41, 5.74) is 0. The van der Waals surface area contributed by atoms with Gasteiger partial charge in [-0.05, 0) is 24.3 Å². The number of carbonyl (C=O) groups excluding carboxylic acids is 1. The predicted molar refractivity (Wildman–Crippen MR) is 66.9 cm³/mol. The molecule has 1 aliphatic heterocycles. The van der Waals surface area contributed by atoms with Crippen molar-refractivity contribution >= 4 is 5.97 Å². The van der Waals surface area contributed by atoms with Gasteiger partial charge in [0.1, 0.15) is 18.1 Å². The van der Waals surface area contributed by atoms with Crippen LogP contribution in [0.2, 0.25) is 0 Å². The fraction of sp³-hybridized carbons (Fsp3) is 0.214. The van der Waals surface area contributed by atoms with Gasteiger partial charge >= 0.3 is 5.97 Å². The third kappa shape index (κ3) is 2.40. The van der Waals surface area contributed by atoms with Crippen LogP contribution in [0.5, 0.6) is 17.2 Å². The second kappa shape index (κ2) is 5.16. The van der Waals surface area contributed by atoms with Crippen LogP contribution in [0.1, 0.15) is 16.3 Å². The molecule has 0 saturated carbocycles. The molecule has 2 heterocycles. The molecule has 1 aliphatic rings. The Bertz CT molecular complexity index is 630. The smallest absolute Gasteiger partial charge is 0.373 e. The van der Waals surface area contributed by atoms with Crippen LogP contribution in [0, 0.1) is 0 Å². The fourth-order valence-electron chi connectivity index (χ4n) is 1.79. The van der Waals surface area contributed by atoms with E-state index in [1.165, 1.54) is 7.11 Å². The van der Waals surface area contributed by atoms with Gasteiger partial charge < -0.3 is 23.4 Å². The van der Waals surface area contributed by atoms with Crippen LogP contribution in [0.25, 0.3) is 0 Å². The van der Waals surface area contributed by atoms with Crippen molar-refractivity contribution in [3.63, 3.8) is 0 Å². The summed E-state index contributed by atoms with van der Waals surface area (Å²) in [5.74, 6) is 2.14. The Hall–Kier alpha value is -2.63. The number of hydrogen-bond donors (Lipinski definition) is 0. The molecule has 0 atom stereocenters. The van der Waals surface area contributed by atoms with Gasteiger partial charge in [0.25, 0.3) is 0 Å². The summed E-state index contributed by atoms with van der Waals surface area (Å²) >= 11 is 0.